The van der Waals surface area contributed by atoms with Crippen molar-refractivity contribution >= 4 is 24.0 Å². The van der Waals surface area contributed by atoms with Crippen molar-refractivity contribution in [3.05, 3.63) is 29.6 Å². The van der Waals surface area contributed by atoms with Gasteiger partial charge in [-0.05, 0) is 36.6 Å². The van der Waals surface area contributed by atoms with E-state index in [9.17, 15) is 9.18 Å². The van der Waals surface area contributed by atoms with E-state index in [0.29, 0.717) is 13.1 Å². The van der Waals surface area contributed by atoms with Gasteiger partial charge in [0.25, 0.3) is 0 Å². The standard InChI is InChI=1S/C14H19FN2O2.ClH/c1-19-12(9-16)8-14(18)17-6-2-3-10-7-11(15)4-5-13(10)17;/h4-5,7,12H,2-3,6,8-9,16H2,1H3;1H. The van der Waals surface area contributed by atoms with Crippen LogP contribution in [-0.4, -0.2) is 32.2 Å². The summed E-state index contributed by atoms with van der Waals surface area (Å²) in [5.41, 5.74) is 7.23. The molecule has 112 valence electrons. The minimum atomic E-state index is -0.265. The van der Waals surface area contributed by atoms with E-state index in [1.165, 1.54) is 12.1 Å². The Morgan fingerprint density at radius 1 is 1.55 bits per heavy atom. The van der Waals surface area contributed by atoms with Crippen molar-refractivity contribution in [1.29, 1.82) is 0 Å². The van der Waals surface area contributed by atoms with Crippen molar-refractivity contribution in [3.63, 3.8) is 0 Å². The molecule has 0 saturated heterocycles. The number of aryl methyl sites for hydroxylation is 1. The Morgan fingerprint density at radius 2 is 2.30 bits per heavy atom. The topological polar surface area (TPSA) is 55.6 Å². The number of nitrogens with two attached hydrogens (primary N) is 1. The third-order valence-corrected chi connectivity index (χ3v) is 3.46. The Kier molecular flexibility index (Phi) is 6.39. The number of methoxy groups -OCH3 is 1. The SMILES string of the molecule is COC(CN)CC(=O)N1CCCc2cc(F)ccc21.Cl. The quantitative estimate of drug-likeness (QED) is 0.924. The van der Waals surface area contributed by atoms with Gasteiger partial charge in [0.15, 0.2) is 0 Å². The molecule has 6 heteroatoms. The van der Waals surface area contributed by atoms with Crippen molar-refractivity contribution in [2.75, 3.05) is 25.1 Å². The molecule has 0 saturated carbocycles. The van der Waals surface area contributed by atoms with Gasteiger partial charge in [0.1, 0.15) is 5.82 Å². The number of benzene rings is 1. The number of rotatable bonds is 4. The van der Waals surface area contributed by atoms with Gasteiger partial charge in [-0.1, -0.05) is 0 Å². The summed E-state index contributed by atoms with van der Waals surface area (Å²) in [4.78, 5) is 14.0. The molecule has 1 unspecified atom stereocenters. The molecule has 0 radical (unpaired) electrons. The highest BCUT2D eigenvalue weighted by Gasteiger charge is 2.24. The van der Waals surface area contributed by atoms with E-state index in [-0.39, 0.29) is 36.7 Å². The molecule has 1 aliphatic heterocycles. The van der Waals surface area contributed by atoms with E-state index in [0.717, 1.165) is 24.1 Å². The molecule has 1 amide bonds. The van der Waals surface area contributed by atoms with Gasteiger partial charge in [-0.25, -0.2) is 4.39 Å². The van der Waals surface area contributed by atoms with E-state index < -0.39 is 0 Å². The zero-order valence-electron chi connectivity index (χ0n) is 11.5. The van der Waals surface area contributed by atoms with Crippen molar-refractivity contribution in [3.8, 4) is 0 Å². The summed E-state index contributed by atoms with van der Waals surface area (Å²) in [7, 11) is 1.55. The lowest BCUT2D eigenvalue weighted by atomic mass is 10.0. The van der Waals surface area contributed by atoms with Gasteiger partial charge in [0, 0.05) is 25.9 Å². The fraction of sp³-hybridized carbons (Fsp3) is 0.500. The molecule has 0 aliphatic carbocycles. The predicted molar refractivity (Wildman–Crippen MR) is 78.8 cm³/mol. The number of hydrogen-bond donors (Lipinski definition) is 1. The number of carbonyl (C=O) groups is 1. The van der Waals surface area contributed by atoms with Gasteiger partial charge in [-0.15, -0.1) is 12.4 Å². The molecule has 0 fully saturated rings. The first-order valence-corrected chi connectivity index (χ1v) is 6.47. The average Bonchev–Trinajstić information content (AvgIpc) is 2.43. The highest BCUT2D eigenvalue weighted by atomic mass is 35.5. The molecule has 1 heterocycles. The summed E-state index contributed by atoms with van der Waals surface area (Å²) in [5, 5.41) is 0. The van der Waals surface area contributed by atoms with Gasteiger partial charge in [0.2, 0.25) is 5.91 Å². The Balaban J connectivity index is 0.00000200. The molecule has 20 heavy (non-hydrogen) atoms. The van der Waals surface area contributed by atoms with Crippen molar-refractivity contribution in [2.45, 2.75) is 25.4 Å². The Labute approximate surface area is 124 Å². The molecule has 1 aliphatic rings. The summed E-state index contributed by atoms with van der Waals surface area (Å²) in [5.74, 6) is -0.283. The van der Waals surface area contributed by atoms with Crippen LogP contribution in [0.4, 0.5) is 10.1 Å². The minimum absolute atomic E-state index is 0. The van der Waals surface area contributed by atoms with Crippen LogP contribution < -0.4 is 10.6 Å². The number of amides is 1. The monoisotopic (exact) mass is 302 g/mol. The van der Waals surface area contributed by atoms with E-state index in [1.54, 1.807) is 18.1 Å². The number of carbonyl (C=O) groups excluding carboxylic acids is 1. The molecule has 1 aromatic carbocycles. The molecule has 4 nitrogen and oxygen atoms in total. The van der Waals surface area contributed by atoms with Gasteiger partial charge in [-0.2, -0.15) is 0 Å². The van der Waals surface area contributed by atoms with Gasteiger partial charge < -0.3 is 15.4 Å². The smallest absolute Gasteiger partial charge is 0.229 e. The maximum Gasteiger partial charge on any atom is 0.229 e. The Morgan fingerprint density at radius 3 is 2.95 bits per heavy atom. The molecular weight excluding hydrogens is 283 g/mol. The van der Waals surface area contributed by atoms with Gasteiger partial charge in [-0.3, -0.25) is 4.79 Å². The lowest BCUT2D eigenvalue weighted by Gasteiger charge is -2.30. The van der Waals surface area contributed by atoms with Crippen LogP contribution in [0.5, 0.6) is 0 Å². The first kappa shape index (κ1) is 16.9. The lowest BCUT2D eigenvalue weighted by Crippen LogP contribution is -2.39. The highest BCUT2D eigenvalue weighted by Crippen LogP contribution is 2.28. The molecule has 0 spiro atoms. The number of fused-ring (bicyclic) bond motifs is 1. The molecule has 1 aromatic rings. The fourth-order valence-corrected chi connectivity index (χ4v) is 2.39. The highest BCUT2D eigenvalue weighted by molar-refractivity contribution is 5.94. The maximum atomic E-state index is 13.2. The summed E-state index contributed by atoms with van der Waals surface area (Å²) in [6, 6.07) is 4.57. The zero-order valence-corrected chi connectivity index (χ0v) is 12.3. The molecule has 0 aromatic heterocycles. The van der Waals surface area contributed by atoms with Gasteiger partial charge >= 0.3 is 0 Å². The molecule has 0 bridgehead atoms. The maximum absolute atomic E-state index is 13.2. The number of halogens is 2. The molecule has 2 N–H and O–H groups in total. The largest absolute Gasteiger partial charge is 0.380 e. The first-order valence-electron chi connectivity index (χ1n) is 6.47. The Hall–Kier alpha value is -1.17. The zero-order chi connectivity index (χ0) is 13.8. The van der Waals surface area contributed by atoms with Crippen LogP contribution >= 0.6 is 12.4 Å². The number of hydrogen-bond acceptors (Lipinski definition) is 3. The Bertz CT molecular complexity index is 466. The normalized spacial score (nSPS) is 15.2. The first-order chi connectivity index (χ1) is 9.15. The number of ether oxygens (including phenoxy) is 1. The van der Waals surface area contributed by atoms with Crippen molar-refractivity contribution in [1.82, 2.24) is 0 Å². The van der Waals surface area contributed by atoms with Crippen LogP contribution in [0.3, 0.4) is 0 Å². The lowest BCUT2D eigenvalue weighted by molar-refractivity contribution is -0.120. The van der Waals surface area contributed by atoms with Gasteiger partial charge in [0.05, 0.1) is 12.5 Å². The van der Waals surface area contributed by atoms with E-state index in [4.69, 9.17) is 10.5 Å². The molecular formula is C14H20ClFN2O2. The third kappa shape index (κ3) is 3.69. The van der Waals surface area contributed by atoms with E-state index in [1.807, 2.05) is 0 Å². The van der Waals surface area contributed by atoms with Crippen LogP contribution in [0.25, 0.3) is 0 Å². The second-order valence-electron chi connectivity index (χ2n) is 4.72. The van der Waals surface area contributed by atoms with Crippen LogP contribution in [0.2, 0.25) is 0 Å². The molecule has 1 atom stereocenters. The van der Waals surface area contributed by atoms with Crippen LogP contribution in [0.1, 0.15) is 18.4 Å². The van der Waals surface area contributed by atoms with Crippen LogP contribution in [-0.2, 0) is 16.0 Å². The molecule has 2 rings (SSSR count). The summed E-state index contributed by atoms with van der Waals surface area (Å²) >= 11 is 0. The third-order valence-electron chi connectivity index (χ3n) is 3.46. The van der Waals surface area contributed by atoms with Crippen LogP contribution in [0, 0.1) is 5.82 Å². The number of anilines is 1. The minimum Gasteiger partial charge on any atom is -0.380 e. The predicted octanol–water partition coefficient (Wildman–Crippen LogP) is 1.89. The van der Waals surface area contributed by atoms with E-state index in [2.05, 4.69) is 0 Å². The summed E-state index contributed by atoms with van der Waals surface area (Å²) in [6.07, 6.45) is 1.65. The fourth-order valence-electron chi connectivity index (χ4n) is 2.39. The number of nitrogens with zero attached hydrogens (tertiary/aromatic N) is 1. The van der Waals surface area contributed by atoms with Crippen LogP contribution in [0.15, 0.2) is 18.2 Å². The van der Waals surface area contributed by atoms with Crippen molar-refractivity contribution in [2.24, 2.45) is 5.73 Å². The second kappa shape index (κ2) is 7.57. The average molecular weight is 303 g/mol. The van der Waals surface area contributed by atoms with Crippen molar-refractivity contribution < 1.29 is 13.9 Å². The summed E-state index contributed by atoms with van der Waals surface area (Å²) in [6.45, 7) is 0.977. The summed E-state index contributed by atoms with van der Waals surface area (Å²) < 4.78 is 18.3. The second-order valence-corrected chi connectivity index (χ2v) is 4.72. The van der Waals surface area contributed by atoms with E-state index >= 15 is 0 Å².